The third kappa shape index (κ3) is 8.78. The number of halogens is 5. The summed E-state index contributed by atoms with van der Waals surface area (Å²) in [7, 11) is -3.19. The minimum absolute atomic E-state index is 0.00382. The van der Waals surface area contributed by atoms with Gasteiger partial charge in [0.2, 0.25) is 10.9 Å². The highest BCUT2D eigenvalue weighted by Crippen LogP contribution is 2.40. The second-order valence-corrected chi connectivity index (χ2v) is 13.0. The van der Waals surface area contributed by atoms with Crippen molar-refractivity contribution in [3.05, 3.63) is 76.2 Å². The van der Waals surface area contributed by atoms with Crippen molar-refractivity contribution in [2.75, 3.05) is 29.3 Å². The number of carbonyl (C=O) groups excluding carboxylic acids is 2. The highest BCUT2D eigenvalue weighted by Gasteiger charge is 2.36. The predicted molar refractivity (Wildman–Crippen MR) is 163 cm³/mol. The van der Waals surface area contributed by atoms with Crippen LogP contribution in [0.2, 0.25) is 5.02 Å². The molecule has 16 heteroatoms. The van der Waals surface area contributed by atoms with Crippen molar-refractivity contribution >= 4 is 46.0 Å². The third-order valence-corrected chi connectivity index (χ3v) is 7.88. The Bertz CT molecular complexity index is 1710. The summed E-state index contributed by atoms with van der Waals surface area (Å²) in [6.07, 6.45) is -3.61. The van der Waals surface area contributed by atoms with E-state index in [2.05, 4.69) is 10.3 Å². The fourth-order valence-corrected chi connectivity index (χ4v) is 5.59. The number of hydrogen-bond acceptors (Lipinski definition) is 7. The standard InChI is InChI=1S/C30H31ClF4N4O6S/c1-17-11-19(32)5-6-24(17)44-25-14-22(30(33,34)35)23(31)13-21(25)27(40)37-20-7-9-36-26(12-20)39(46(42)43)16-18-8-10-38(15-18)28(41)45-29(2,3)4/h5-7,9,11-14,18,46H,8,10,15-16H2,1-4H3,(H,36,37,40)/t18-/m0/s1. The zero-order valence-electron chi connectivity index (χ0n) is 25.2. The molecule has 0 radical (unpaired) electrons. The molecule has 1 saturated heterocycles. The summed E-state index contributed by atoms with van der Waals surface area (Å²) in [4.78, 5) is 31.4. The van der Waals surface area contributed by atoms with Crippen molar-refractivity contribution in [2.24, 2.45) is 5.92 Å². The summed E-state index contributed by atoms with van der Waals surface area (Å²) in [5, 5.41) is 1.75. The van der Waals surface area contributed by atoms with Crippen LogP contribution in [0.15, 0.2) is 48.7 Å². The smallest absolute Gasteiger partial charge is 0.417 e. The molecule has 3 aromatic rings. The zero-order valence-corrected chi connectivity index (χ0v) is 26.8. The molecule has 248 valence electrons. The molecule has 0 aliphatic carbocycles. The van der Waals surface area contributed by atoms with Gasteiger partial charge in [0.1, 0.15) is 28.7 Å². The maximum atomic E-state index is 13.7. The number of amides is 2. The van der Waals surface area contributed by atoms with Gasteiger partial charge >= 0.3 is 12.3 Å². The van der Waals surface area contributed by atoms with Crippen LogP contribution in [0.4, 0.5) is 33.9 Å². The number of carbonyl (C=O) groups is 2. The Morgan fingerprint density at radius 1 is 1.11 bits per heavy atom. The van der Waals surface area contributed by atoms with Gasteiger partial charge in [-0.05, 0) is 82.0 Å². The Balaban J connectivity index is 1.57. The largest absolute Gasteiger partial charge is 0.456 e. The van der Waals surface area contributed by atoms with Crippen LogP contribution in [-0.2, 0) is 21.8 Å². The first-order valence-corrected chi connectivity index (χ1v) is 15.4. The van der Waals surface area contributed by atoms with Crippen molar-refractivity contribution in [3.8, 4) is 11.5 Å². The molecule has 2 aromatic carbocycles. The second-order valence-electron chi connectivity index (χ2n) is 11.6. The van der Waals surface area contributed by atoms with Gasteiger partial charge in [-0.3, -0.25) is 9.10 Å². The van der Waals surface area contributed by atoms with Gasteiger partial charge in [-0.1, -0.05) is 11.6 Å². The Morgan fingerprint density at radius 3 is 2.46 bits per heavy atom. The molecule has 10 nitrogen and oxygen atoms in total. The van der Waals surface area contributed by atoms with Crippen LogP contribution in [0.1, 0.15) is 48.7 Å². The average Bonchev–Trinajstić information content (AvgIpc) is 3.41. The number of pyridine rings is 1. The minimum atomic E-state index is -4.87. The quantitative estimate of drug-likeness (QED) is 0.197. The van der Waals surface area contributed by atoms with Crippen molar-refractivity contribution in [1.29, 1.82) is 0 Å². The van der Waals surface area contributed by atoms with E-state index in [1.165, 1.54) is 36.2 Å². The molecule has 0 saturated carbocycles. The number of rotatable bonds is 8. The second kappa shape index (κ2) is 13.7. The van der Waals surface area contributed by atoms with E-state index < -0.39 is 56.8 Å². The highest BCUT2D eigenvalue weighted by atomic mass is 35.5. The van der Waals surface area contributed by atoms with Crippen LogP contribution < -0.4 is 14.4 Å². The van der Waals surface area contributed by atoms with Crippen LogP contribution >= 0.6 is 11.6 Å². The maximum Gasteiger partial charge on any atom is 0.417 e. The molecule has 1 aromatic heterocycles. The lowest BCUT2D eigenvalue weighted by Crippen LogP contribution is -2.36. The molecule has 4 rings (SSSR count). The lowest BCUT2D eigenvalue weighted by molar-refractivity contribution is -0.137. The monoisotopic (exact) mass is 686 g/mol. The first kappa shape index (κ1) is 34.8. The minimum Gasteiger partial charge on any atom is -0.456 e. The number of aromatic nitrogens is 1. The van der Waals surface area contributed by atoms with Crippen molar-refractivity contribution in [2.45, 2.75) is 45.9 Å². The van der Waals surface area contributed by atoms with Gasteiger partial charge in [0.25, 0.3) is 5.91 Å². The maximum absolute atomic E-state index is 13.7. The lowest BCUT2D eigenvalue weighted by Gasteiger charge is -2.25. The van der Waals surface area contributed by atoms with E-state index in [4.69, 9.17) is 21.1 Å². The summed E-state index contributed by atoms with van der Waals surface area (Å²) >= 11 is 5.91. The molecule has 0 unspecified atom stereocenters. The van der Waals surface area contributed by atoms with E-state index in [9.17, 15) is 35.6 Å². The number of hydrogen-bond donors (Lipinski definition) is 2. The Labute approximate surface area is 269 Å². The fraction of sp³-hybridized carbons (Fsp3) is 0.367. The predicted octanol–water partition coefficient (Wildman–Crippen LogP) is 6.84. The van der Waals surface area contributed by atoms with Gasteiger partial charge in [-0.2, -0.15) is 13.2 Å². The molecule has 46 heavy (non-hydrogen) atoms. The Hall–Kier alpha value is -4.11. The van der Waals surface area contributed by atoms with E-state index in [1.54, 1.807) is 20.8 Å². The van der Waals surface area contributed by atoms with E-state index in [0.29, 0.717) is 19.0 Å². The van der Waals surface area contributed by atoms with E-state index >= 15 is 0 Å². The SMILES string of the molecule is Cc1cc(F)ccc1Oc1cc(C(F)(F)F)c(Cl)cc1C(=O)Nc1ccnc(N(C[C@H]2CCN(C(=O)OC(C)(C)C)C2)[SH](=O)=O)c1. The van der Waals surface area contributed by atoms with Gasteiger partial charge < -0.3 is 19.7 Å². The third-order valence-electron chi connectivity index (χ3n) is 6.81. The summed E-state index contributed by atoms with van der Waals surface area (Å²) in [6, 6.07) is 7.37. The van der Waals surface area contributed by atoms with Crippen LogP contribution in [0.3, 0.4) is 0 Å². The van der Waals surface area contributed by atoms with Crippen LogP contribution in [0.5, 0.6) is 11.5 Å². The molecule has 0 spiro atoms. The molecule has 2 heterocycles. The molecule has 1 fully saturated rings. The number of benzene rings is 2. The summed E-state index contributed by atoms with van der Waals surface area (Å²) in [5.74, 6) is -2.28. The first-order chi connectivity index (χ1) is 21.4. The zero-order chi connectivity index (χ0) is 34.0. The van der Waals surface area contributed by atoms with E-state index in [1.807, 2.05) is 0 Å². The molecule has 1 aliphatic rings. The molecule has 0 bridgehead atoms. The van der Waals surface area contributed by atoms with Gasteiger partial charge in [0.05, 0.1) is 16.1 Å². The van der Waals surface area contributed by atoms with Crippen LogP contribution in [0, 0.1) is 18.7 Å². The van der Waals surface area contributed by atoms with E-state index in [-0.39, 0.29) is 47.4 Å². The number of ether oxygens (including phenoxy) is 2. The Kier molecular flexibility index (Phi) is 10.4. The normalized spacial score (nSPS) is 15.2. The summed E-state index contributed by atoms with van der Waals surface area (Å²) < 4.78 is 91.1. The van der Waals surface area contributed by atoms with Gasteiger partial charge in [-0.15, -0.1) is 0 Å². The van der Waals surface area contributed by atoms with Crippen molar-refractivity contribution in [1.82, 2.24) is 9.88 Å². The topological polar surface area (TPSA) is 118 Å². The summed E-state index contributed by atoms with van der Waals surface area (Å²) in [5.41, 5.74) is -1.98. The average molecular weight is 687 g/mol. The Morgan fingerprint density at radius 2 is 1.83 bits per heavy atom. The summed E-state index contributed by atoms with van der Waals surface area (Å²) in [6.45, 7) is 7.33. The number of aryl methyl sites for hydroxylation is 1. The van der Waals surface area contributed by atoms with Gasteiger partial charge in [-0.25, -0.2) is 22.6 Å². The van der Waals surface area contributed by atoms with Crippen LogP contribution in [-0.4, -0.2) is 55.5 Å². The number of anilines is 2. The first-order valence-electron chi connectivity index (χ1n) is 13.9. The fourth-order valence-electron chi connectivity index (χ4n) is 4.68. The molecular weight excluding hydrogens is 656 g/mol. The van der Waals surface area contributed by atoms with Crippen molar-refractivity contribution < 1.29 is 45.0 Å². The molecule has 1 atom stereocenters. The number of alkyl halides is 3. The number of thiol groups is 1. The van der Waals surface area contributed by atoms with Crippen LogP contribution in [0.25, 0.3) is 0 Å². The van der Waals surface area contributed by atoms with Gasteiger partial charge in [0.15, 0.2) is 0 Å². The molecule has 1 aliphatic heterocycles. The molecular formula is C30H31ClF4N4O6S. The highest BCUT2D eigenvalue weighted by molar-refractivity contribution is 7.74. The van der Waals surface area contributed by atoms with E-state index in [0.717, 1.165) is 22.5 Å². The molecule has 2 amide bonds. The molecule has 1 N–H and O–H groups in total. The lowest BCUT2D eigenvalue weighted by atomic mass is 10.1. The number of likely N-dealkylation sites (tertiary alicyclic amines) is 1. The van der Waals surface area contributed by atoms with Gasteiger partial charge in [0, 0.05) is 37.6 Å². The number of nitrogens with one attached hydrogen (secondary N) is 1. The number of nitrogens with zero attached hydrogens (tertiary/aromatic N) is 3. The van der Waals surface area contributed by atoms with Crippen molar-refractivity contribution in [3.63, 3.8) is 0 Å².